The first-order valence-corrected chi connectivity index (χ1v) is 21.8. The topological polar surface area (TPSA) is 24.6 Å². The molecule has 0 fully saturated rings. The van der Waals surface area contributed by atoms with E-state index >= 15 is 0 Å². The highest BCUT2D eigenvalue weighted by Crippen LogP contribution is 2.49. The van der Waals surface area contributed by atoms with E-state index in [4.69, 9.17) is 4.42 Å². The molecule has 0 aliphatic carbocycles. The first kappa shape index (κ1) is 37.2. The van der Waals surface area contributed by atoms with Crippen LogP contribution >= 0.6 is 0 Å². The number of fused-ring (bicyclic) bond motifs is 7. The van der Waals surface area contributed by atoms with Gasteiger partial charge in [0.2, 0.25) is 0 Å². The Kier molecular flexibility index (Phi) is 9.12. The van der Waals surface area contributed by atoms with Gasteiger partial charge in [0.25, 0.3) is 0 Å². The maximum Gasteiger partial charge on any atom is 0.160 e. The van der Waals surface area contributed by atoms with E-state index in [1.807, 2.05) is 0 Å². The summed E-state index contributed by atoms with van der Waals surface area (Å²) in [5, 5.41) is 4.45. The van der Waals surface area contributed by atoms with Gasteiger partial charge in [0, 0.05) is 61.2 Å². The molecular weight excluding hydrogens is 779 g/mol. The number of nitrogens with zero attached hydrogens (tertiary/aromatic N) is 3. The fourth-order valence-corrected chi connectivity index (χ4v) is 9.55. The highest BCUT2D eigenvalue weighted by Gasteiger charge is 2.26. The molecule has 0 aliphatic rings. The second-order valence-electron chi connectivity index (χ2n) is 16.1. The van der Waals surface area contributed by atoms with E-state index in [1.165, 1.54) is 5.39 Å². The van der Waals surface area contributed by atoms with Crippen molar-refractivity contribution in [1.29, 1.82) is 0 Å². The lowest BCUT2D eigenvalue weighted by molar-refractivity contribution is 0.671. The van der Waals surface area contributed by atoms with E-state index in [2.05, 4.69) is 263 Å². The molecule has 0 saturated carbocycles. The van der Waals surface area contributed by atoms with E-state index in [-0.39, 0.29) is 0 Å². The van der Waals surface area contributed by atoms with Crippen molar-refractivity contribution in [3.63, 3.8) is 0 Å². The van der Waals surface area contributed by atoms with Crippen molar-refractivity contribution >= 4 is 77.9 Å². The average Bonchev–Trinajstić information content (AvgIpc) is 3.92. The molecule has 2 heterocycles. The summed E-state index contributed by atoms with van der Waals surface area (Å²) >= 11 is 0. The summed E-state index contributed by atoms with van der Waals surface area (Å²) < 4.78 is 9.44. The third kappa shape index (κ3) is 6.31. The summed E-state index contributed by atoms with van der Waals surface area (Å²) in [6.45, 7) is 0. The van der Waals surface area contributed by atoms with Crippen molar-refractivity contribution in [3.05, 3.63) is 249 Å². The molecule has 2 aromatic heterocycles. The molecule has 12 rings (SSSR count). The van der Waals surface area contributed by atoms with Crippen LogP contribution in [-0.4, -0.2) is 4.57 Å². The summed E-state index contributed by atoms with van der Waals surface area (Å²) in [6.07, 6.45) is 0. The maximum absolute atomic E-state index is 7.08. The van der Waals surface area contributed by atoms with Gasteiger partial charge in [-0.1, -0.05) is 158 Å². The van der Waals surface area contributed by atoms with Crippen molar-refractivity contribution in [2.24, 2.45) is 0 Å². The third-order valence-electron chi connectivity index (χ3n) is 12.3. The van der Waals surface area contributed by atoms with Gasteiger partial charge >= 0.3 is 0 Å². The fraction of sp³-hybridized carbons (Fsp3) is 0. The van der Waals surface area contributed by atoms with Crippen LogP contribution in [0.25, 0.3) is 71.7 Å². The van der Waals surface area contributed by atoms with E-state index in [0.717, 1.165) is 100 Å². The molecule has 0 bridgehead atoms. The lowest BCUT2D eigenvalue weighted by Crippen LogP contribution is -2.14. The van der Waals surface area contributed by atoms with Gasteiger partial charge in [-0.15, -0.1) is 0 Å². The van der Waals surface area contributed by atoms with E-state index in [0.29, 0.717) is 0 Å². The molecule has 0 atom stereocenters. The third-order valence-corrected chi connectivity index (χ3v) is 12.3. The maximum atomic E-state index is 7.08. The second-order valence-corrected chi connectivity index (χ2v) is 16.1. The van der Waals surface area contributed by atoms with Crippen LogP contribution in [0.3, 0.4) is 0 Å². The molecule has 0 saturated heterocycles. The van der Waals surface area contributed by atoms with Gasteiger partial charge in [-0.05, 0) is 108 Å². The summed E-state index contributed by atoms with van der Waals surface area (Å²) in [4.78, 5) is 4.78. The van der Waals surface area contributed by atoms with Crippen molar-refractivity contribution in [1.82, 2.24) is 4.57 Å². The molecule has 0 unspecified atom stereocenters. The molecule has 0 amide bonds. The first-order valence-electron chi connectivity index (χ1n) is 21.8. The predicted molar refractivity (Wildman–Crippen MR) is 268 cm³/mol. The Morgan fingerprint density at radius 3 is 1.53 bits per heavy atom. The van der Waals surface area contributed by atoms with Crippen LogP contribution in [-0.2, 0) is 0 Å². The molecule has 4 nitrogen and oxygen atoms in total. The van der Waals surface area contributed by atoms with Gasteiger partial charge in [0.05, 0.1) is 16.7 Å². The monoisotopic (exact) mass is 819 g/mol. The van der Waals surface area contributed by atoms with Crippen molar-refractivity contribution < 1.29 is 4.42 Å². The SMILES string of the molecule is c1ccc(-c2ccccc2N(c2ccccc2)c2cc(-c3cc4c5ccccc5n(-c5ccccc5)c4c4oc5ccccc5c34)cc(N(c3ccccc3)c3ccccc3)c2)cc1. The van der Waals surface area contributed by atoms with Crippen LogP contribution < -0.4 is 9.80 Å². The first-order chi connectivity index (χ1) is 31.8. The molecular formula is C60H41N3O. The number of aromatic nitrogens is 1. The van der Waals surface area contributed by atoms with Gasteiger partial charge < -0.3 is 18.8 Å². The van der Waals surface area contributed by atoms with Gasteiger partial charge in [-0.25, -0.2) is 0 Å². The van der Waals surface area contributed by atoms with Crippen molar-refractivity contribution in [2.75, 3.05) is 9.80 Å². The zero-order chi connectivity index (χ0) is 42.4. The zero-order valence-corrected chi connectivity index (χ0v) is 34.9. The molecule has 64 heavy (non-hydrogen) atoms. The molecule has 10 aromatic carbocycles. The number of benzene rings is 10. The lowest BCUT2D eigenvalue weighted by Gasteiger charge is -2.31. The molecule has 0 radical (unpaired) electrons. The minimum Gasteiger partial charge on any atom is -0.454 e. The Bertz CT molecular complexity index is 3560. The fourth-order valence-electron chi connectivity index (χ4n) is 9.55. The number of hydrogen-bond donors (Lipinski definition) is 0. The summed E-state index contributed by atoms with van der Waals surface area (Å²) in [6, 6.07) is 88.8. The Morgan fingerprint density at radius 2 is 0.859 bits per heavy atom. The zero-order valence-electron chi connectivity index (χ0n) is 34.9. The van der Waals surface area contributed by atoms with E-state index < -0.39 is 0 Å². The average molecular weight is 820 g/mol. The van der Waals surface area contributed by atoms with E-state index in [1.54, 1.807) is 0 Å². The summed E-state index contributed by atoms with van der Waals surface area (Å²) in [5.41, 5.74) is 15.7. The quantitative estimate of drug-likeness (QED) is 0.145. The van der Waals surface area contributed by atoms with Crippen LogP contribution in [0.5, 0.6) is 0 Å². The predicted octanol–water partition coefficient (Wildman–Crippen LogP) is 17.0. The minimum absolute atomic E-state index is 0.852. The Hall–Kier alpha value is -8.60. The normalized spacial score (nSPS) is 11.4. The second kappa shape index (κ2) is 15.7. The molecule has 302 valence electrons. The van der Waals surface area contributed by atoms with Crippen LogP contribution in [0.2, 0.25) is 0 Å². The Labute approximate surface area is 371 Å². The van der Waals surface area contributed by atoms with Crippen LogP contribution in [0.4, 0.5) is 34.1 Å². The number of rotatable bonds is 9. The van der Waals surface area contributed by atoms with Crippen LogP contribution in [0.1, 0.15) is 0 Å². The smallest absolute Gasteiger partial charge is 0.160 e. The standard InChI is InChI=1S/C60H41N3O/c1-6-22-42(23-7-1)50-32-16-19-35-55(50)62(46-28-12-4-13-29-46)49-39-43(38-48(40-49)61(44-24-8-2-9-25-44)45-26-10-3-11-27-45)53-41-54-51-33-17-20-36-56(51)63(47-30-14-5-15-31-47)59(54)60-58(53)52-34-18-21-37-57(52)64-60/h1-41H. The van der Waals surface area contributed by atoms with Crippen LogP contribution in [0, 0.1) is 0 Å². The number of para-hydroxylation sites is 7. The van der Waals surface area contributed by atoms with Crippen molar-refractivity contribution in [2.45, 2.75) is 0 Å². The van der Waals surface area contributed by atoms with E-state index in [9.17, 15) is 0 Å². The molecule has 0 spiro atoms. The molecule has 4 heteroatoms. The van der Waals surface area contributed by atoms with Gasteiger partial charge in [0.1, 0.15) is 5.58 Å². The van der Waals surface area contributed by atoms with Gasteiger partial charge in [0.15, 0.2) is 5.58 Å². The largest absolute Gasteiger partial charge is 0.454 e. The van der Waals surface area contributed by atoms with Gasteiger partial charge in [-0.3, -0.25) is 0 Å². The number of furan rings is 1. The highest BCUT2D eigenvalue weighted by atomic mass is 16.3. The summed E-state index contributed by atoms with van der Waals surface area (Å²) in [5.74, 6) is 0. The van der Waals surface area contributed by atoms with Gasteiger partial charge in [-0.2, -0.15) is 0 Å². The Morgan fingerprint density at radius 1 is 0.344 bits per heavy atom. The molecule has 12 aromatic rings. The minimum atomic E-state index is 0.852. The lowest BCUT2D eigenvalue weighted by atomic mass is 9.95. The van der Waals surface area contributed by atoms with Crippen LogP contribution in [0.15, 0.2) is 253 Å². The molecule has 0 aliphatic heterocycles. The number of anilines is 6. The van der Waals surface area contributed by atoms with Crippen molar-refractivity contribution in [3.8, 4) is 27.9 Å². The molecule has 0 N–H and O–H groups in total. The highest BCUT2D eigenvalue weighted by molar-refractivity contribution is 6.26. The number of hydrogen-bond acceptors (Lipinski definition) is 3. The summed E-state index contributed by atoms with van der Waals surface area (Å²) in [7, 11) is 0. The Balaban J connectivity index is 1.22.